The Labute approximate surface area is 281 Å². The van der Waals surface area contributed by atoms with Gasteiger partial charge in [0.2, 0.25) is 5.91 Å². The van der Waals surface area contributed by atoms with Gasteiger partial charge in [-0.2, -0.15) is 13.2 Å². The maximum absolute atomic E-state index is 13.7. The Balaban J connectivity index is 1.28. The molecule has 1 aliphatic rings. The summed E-state index contributed by atoms with van der Waals surface area (Å²) in [6.07, 6.45) is 0.932. The van der Waals surface area contributed by atoms with Gasteiger partial charge in [-0.05, 0) is 59.7 Å². The molecule has 1 aliphatic heterocycles. The molecular formula is C39H42ClF3N2O2. The van der Waals surface area contributed by atoms with Crippen LogP contribution in [0.4, 0.5) is 13.2 Å². The minimum atomic E-state index is -4.53. The average molecular weight is 663 g/mol. The van der Waals surface area contributed by atoms with Crippen LogP contribution in [0, 0.1) is 0 Å². The molecule has 1 saturated heterocycles. The van der Waals surface area contributed by atoms with Gasteiger partial charge in [0.25, 0.3) is 0 Å². The van der Waals surface area contributed by atoms with Crippen molar-refractivity contribution in [1.82, 2.24) is 9.80 Å². The molecule has 1 fully saturated rings. The zero-order valence-corrected chi connectivity index (χ0v) is 27.4. The second-order valence-corrected chi connectivity index (χ2v) is 12.6. The molecule has 47 heavy (non-hydrogen) atoms. The topological polar surface area (TPSA) is 32.8 Å². The van der Waals surface area contributed by atoms with Crippen LogP contribution in [-0.2, 0) is 23.9 Å². The van der Waals surface area contributed by atoms with Crippen LogP contribution in [0.1, 0.15) is 65.8 Å². The zero-order chi connectivity index (χ0) is 33.1. The number of halogens is 4. The van der Waals surface area contributed by atoms with Crippen molar-refractivity contribution in [3.8, 4) is 5.75 Å². The SMILES string of the molecule is O=C(Cc1cccc(OCCCN(Cc2cccc(C(F)(F)F)c2Cl)CC(c2ccccc2)c2ccccc2)c1)N1CCCCCC1. The van der Waals surface area contributed by atoms with Crippen LogP contribution < -0.4 is 4.74 Å². The van der Waals surface area contributed by atoms with E-state index in [4.69, 9.17) is 16.3 Å². The number of hydrogen-bond donors (Lipinski definition) is 0. The number of amides is 1. The van der Waals surface area contributed by atoms with Gasteiger partial charge in [-0.15, -0.1) is 0 Å². The highest BCUT2D eigenvalue weighted by Crippen LogP contribution is 2.37. The van der Waals surface area contributed by atoms with E-state index in [1.54, 1.807) is 6.07 Å². The molecule has 5 rings (SSSR count). The summed E-state index contributed by atoms with van der Waals surface area (Å²) in [4.78, 5) is 17.1. The number of likely N-dealkylation sites (tertiary alicyclic amines) is 1. The molecule has 8 heteroatoms. The number of benzene rings is 4. The molecule has 4 nitrogen and oxygen atoms in total. The van der Waals surface area contributed by atoms with Gasteiger partial charge in [0.05, 0.1) is 23.6 Å². The number of rotatable bonds is 13. The van der Waals surface area contributed by atoms with Gasteiger partial charge in [-0.25, -0.2) is 0 Å². The van der Waals surface area contributed by atoms with Gasteiger partial charge in [-0.3, -0.25) is 9.69 Å². The highest BCUT2D eigenvalue weighted by atomic mass is 35.5. The molecule has 1 heterocycles. The third-order valence-corrected chi connectivity index (χ3v) is 9.17. The number of ether oxygens (including phenoxy) is 1. The van der Waals surface area contributed by atoms with Crippen LogP contribution in [0.2, 0.25) is 5.02 Å². The third-order valence-electron chi connectivity index (χ3n) is 8.72. The maximum atomic E-state index is 13.7. The Morgan fingerprint density at radius 3 is 2.11 bits per heavy atom. The minimum Gasteiger partial charge on any atom is -0.494 e. The van der Waals surface area contributed by atoms with Crippen LogP contribution in [0.15, 0.2) is 103 Å². The van der Waals surface area contributed by atoms with Crippen LogP contribution in [0.3, 0.4) is 0 Å². The lowest BCUT2D eigenvalue weighted by atomic mass is 9.90. The van der Waals surface area contributed by atoms with Crippen LogP contribution in [0.25, 0.3) is 0 Å². The Morgan fingerprint density at radius 1 is 0.830 bits per heavy atom. The van der Waals surface area contributed by atoms with Gasteiger partial charge in [0.15, 0.2) is 0 Å². The number of carbonyl (C=O) groups is 1. The summed E-state index contributed by atoms with van der Waals surface area (Å²) in [5.74, 6) is 0.853. The lowest BCUT2D eigenvalue weighted by molar-refractivity contribution is -0.137. The minimum absolute atomic E-state index is 0.00121. The van der Waals surface area contributed by atoms with Crippen molar-refractivity contribution in [3.63, 3.8) is 0 Å². The second kappa shape index (κ2) is 16.8. The van der Waals surface area contributed by atoms with E-state index in [1.807, 2.05) is 65.6 Å². The van der Waals surface area contributed by atoms with Crippen LogP contribution in [-0.4, -0.2) is 48.5 Å². The van der Waals surface area contributed by atoms with Gasteiger partial charge < -0.3 is 9.64 Å². The molecule has 248 valence electrons. The number of alkyl halides is 3. The summed E-state index contributed by atoms with van der Waals surface area (Å²) >= 11 is 6.36. The molecule has 0 spiro atoms. The average Bonchev–Trinajstić information content (AvgIpc) is 3.37. The zero-order valence-electron chi connectivity index (χ0n) is 26.6. The highest BCUT2D eigenvalue weighted by Gasteiger charge is 2.34. The van der Waals surface area contributed by atoms with Gasteiger partial charge in [0, 0.05) is 38.6 Å². The lowest BCUT2D eigenvalue weighted by Crippen LogP contribution is -2.33. The number of carbonyl (C=O) groups excluding carboxylic acids is 1. The Bertz CT molecular complexity index is 1520. The summed E-state index contributed by atoms with van der Waals surface area (Å²) in [5.41, 5.74) is 2.79. The summed E-state index contributed by atoms with van der Waals surface area (Å²) in [6.45, 7) is 3.48. The molecule has 0 N–H and O–H groups in total. The van der Waals surface area contributed by atoms with Crippen molar-refractivity contribution in [2.75, 3.05) is 32.8 Å². The Hall–Kier alpha value is -3.81. The fraction of sp³-hybridized carbons (Fsp3) is 0.359. The van der Waals surface area contributed by atoms with Crippen molar-refractivity contribution >= 4 is 17.5 Å². The Kier molecular flexibility index (Phi) is 12.4. The number of hydrogen-bond acceptors (Lipinski definition) is 3. The van der Waals surface area contributed by atoms with E-state index < -0.39 is 11.7 Å². The third kappa shape index (κ3) is 10.1. The first kappa shape index (κ1) is 34.5. The van der Waals surface area contributed by atoms with Gasteiger partial charge in [0.1, 0.15) is 5.75 Å². The van der Waals surface area contributed by atoms with E-state index in [0.717, 1.165) is 48.7 Å². The Morgan fingerprint density at radius 2 is 1.47 bits per heavy atom. The van der Waals surface area contributed by atoms with Gasteiger partial charge >= 0.3 is 6.18 Å². The predicted molar refractivity (Wildman–Crippen MR) is 182 cm³/mol. The molecule has 1 amide bonds. The van der Waals surface area contributed by atoms with E-state index in [0.29, 0.717) is 43.9 Å². The largest absolute Gasteiger partial charge is 0.494 e. The first-order valence-electron chi connectivity index (χ1n) is 16.4. The molecule has 4 aromatic rings. The van der Waals surface area contributed by atoms with Gasteiger partial charge in [-0.1, -0.05) is 109 Å². The fourth-order valence-electron chi connectivity index (χ4n) is 6.26. The van der Waals surface area contributed by atoms with Crippen LogP contribution in [0.5, 0.6) is 5.75 Å². The summed E-state index contributed by atoms with van der Waals surface area (Å²) in [5, 5.41) is -0.260. The van der Waals surface area contributed by atoms with Crippen molar-refractivity contribution < 1.29 is 22.7 Å². The first-order valence-corrected chi connectivity index (χ1v) is 16.8. The summed E-state index contributed by atoms with van der Waals surface area (Å²) in [7, 11) is 0. The van der Waals surface area contributed by atoms with E-state index >= 15 is 0 Å². The van der Waals surface area contributed by atoms with Crippen molar-refractivity contribution in [2.45, 2.75) is 57.2 Å². The lowest BCUT2D eigenvalue weighted by Gasteiger charge is -2.29. The van der Waals surface area contributed by atoms with E-state index in [9.17, 15) is 18.0 Å². The van der Waals surface area contributed by atoms with E-state index in [1.165, 1.54) is 18.9 Å². The molecule has 0 aliphatic carbocycles. The first-order chi connectivity index (χ1) is 22.8. The van der Waals surface area contributed by atoms with E-state index in [2.05, 4.69) is 29.2 Å². The quantitative estimate of drug-likeness (QED) is 0.134. The maximum Gasteiger partial charge on any atom is 0.417 e. The van der Waals surface area contributed by atoms with Crippen molar-refractivity contribution in [3.05, 3.63) is 136 Å². The predicted octanol–water partition coefficient (Wildman–Crippen LogP) is 9.41. The summed E-state index contributed by atoms with van der Waals surface area (Å²) < 4.78 is 47.2. The fourth-order valence-corrected chi connectivity index (χ4v) is 6.55. The molecule has 0 bridgehead atoms. The van der Waals surface area contributed by atoms with Crippen molar-refractivity contribution in [1.29, 1.82) is 0 Å². The van der Waals surface area contributed by atoms with Crippen LogP contribution >= 0.6 is 11.6 Å². The summed E-state index contributed by atoms with van der Waals surface area (Å²) in [6, 6.07) is 32.1. The standard InChI is InChI=1S/C39H42ClF3N2O2/c40-38-33(19-12-21-36(38)39(41,42)43)28-44(29-35(31-15-5-3-6-16-31)32-17-7-4-8-18-32)22-13-25-47-34-20-11-14-30(26-34)27-37(46)45-23-9-1-2-10-24-45/h3-8,11-12,14-21,26,35H,1-2,9-10,13,22-25,27-29H2. The molecule has 0 saturated carbocycles. The monoisotopic (exact) mass is 662 g/mol. The molecule has 0 aromatic heterocycles. The molecule has 4 aromatic carbocycles. The molecule has 0 radical (unpaired) electrons. The second-order valence-electron chi connectivity index (χ2n) is 12.2. The van der Waals surface area contributed by atoms with E-state index in [-0.39, 0.29) is 23.4 Å². The molecular weight excluding hydrogens is 621 g/mol. The smallest absolute Gasteiger partial charge is 0.417 e. The highest BCUT2D eigenvalue weighted by molar-refractivity contribution is 6.32. The molecule has 0 unspecified atom stereocenters. The normalized spacial score (nSPS) is 14.0. The van der Waals surface area contributed by atoms with Crippen molar-refractivity contribution in [2.24, 2.45) is 0 Å². The molecule has 0 atom stereocenters. The number of nitrogens with zero attached hydrogens (tertiary/aromatic N) is 2.